The highest BCUT2D eigenvalue weighted by molar-refractivity contribution is 7.09. The van der Waals surface area contributed by atoms with Crippen molar-refractivity contribution in [3.8, 4) is 5.75 Å². The summed E-state index contributed by atoms with van der Waals surface area (Å²) in [6.45, 7) is 0.0357. The van der Waals surface area contributed by atoms with E-state index in [4.69, 9.17) is 9.84 Å². The smallest absolute Gasteiger partial charge is 0.322 e. The number of ether oxygens (including phenoxy) is 1. The predicted molar refractivity (Wildman–Crippen MR) is 86.9 cm³/mol. The zero-order valence-corrected chi connectivity index (χ0v) is 13.8. The van der Waals surface area contributed by atoms with Crippen LogP contribution in [0.2, 0.25) is 0 Å². The van der Waals surface area contributed by atoms with Gasteiger partial charge >= 0.3 is 5.97 Å². The van der Waals surface area contributed by atoms with E-state index in [-0.39, 0.29) is 13.2 Å². The third kappa shape index (κ3) is 3.39. The summed E-state index contributed by atoms with van der Waals surface area (Å²) < 4.78 is 6.75. The number of pyridine rings is 1. The van der Waals surface area contributed by atoms with Gasteiger partial charge in [-0.25, -0.2) is 0 Å². The first-order chi connectivity index (χ1) is 12.0. The van der Waals surface area contributed by atoms with E-state index in [0.717, 1.165) is 4.88 Å². The van der Waals surface area contributed by atoms with Crippen LogP contribution in [0.4, 0.5) is 0 Å². The Hall–Kier alpha value is -2.72. The first kappa shape index (κ1) is 17.1. The molecule has 0 atom stereocenters. The summed E-state index contributed by atoms with van der Waals surface area (Å²) in [6.07, 6.45) is 2.05. The Balaban J connectivity index is 2.10. The van der Waals surface area contributed by atoms with Crippen molar-refractivity contribution in [2.75, 3.05) is 13.2 Å². The summed E-state index contributed by atoms with van der Waals surface area (Å²) in [4.78, 5) is 40.5. The van der Waals surface area contributed by atoms with Crippen molar-refractivity contribution in [2.24, 2.45) is 0 Å². The zero-order valence-electron chi connectivity index (χ0n) is 13.0. The standard InChI is InChI=1S/C15H15N3O6S/c19-11(20)4-17-14(22)12-13(21)9-6-24-2-1-10(9)18(15(12)23)5-8-3-16-7-25-8/h3,7,21H,1-2,4-6H2,(H,17,22)(H,19,20). The summed E-state index contributed by atoms with van der Waals surface area (Å²) in [6, 6.07) is 0. The predicted octanol–water partition coefficient (Wildman–Crippen LogP) is -0.0542. The number of aromatic hydroxyl groups is 1. The van der Waals surface area contributed by atoms with E-state index in [9.17, 15) is 19.5 Å². The van der Waals surface area contributed by atoms with Crippen LogP contribution in [-0.2, 0) is 29.1 Å². The van der Waals surface area contributed by atoms with Gasteiger partial charge in [-0.2, -0.15) is 0 Å². The molecule has 1 aliphatic rings. The highest BCUT2D eigenvalue weighted by Crippen LogP contribution is 2.28. The minimum Gasteiger partial charge on any atom is -0.506 e. The number of carboxylic acids is 1. The molecule has 0 aliphatic carbocycles. The number of rotatable bonds is 5. The van der Waals surface area contributed by atoms with Crippen LogP contribution in [0.25, 0.3) is 0 Å². The van der Waals surface area contributed by atoms with Crippen molar-refractivity contribution in [1.82, 2.24) is 14.9 Å². The van der Waals surface area contributed by atoms with Crippen LogP contribution >= 0.6 is 11.3 Å². The van der Waals surface area contributed by atoms with Gasteiger partial charge in [0.2, 0.25) is 0 Å². The lowest BCUT2D eigenvalue weighted by Gasteiger charge is -2.23. The van der Waals surface area contributed by atoms with Crippen LogP contribution in [0.3, 0.4) is 0 Å². The zero-order chi connectivity index (χ0) is 18.0. The van der Waals surface area contributed by atoms with Gasteiger partial charge in [0.1, 0.15) is 17.9 Å². The van der Waals surface area contributed by atoms with Crippen LogP contribution in [0.15, 0.2) is 16.5 Å². The Morgan fingerprint density at radius 2 is 2.24 bits per heavy atom. The van der Waals surface area contributed by atoms with E-state index in [2.05, 4.69) is 10.3 Å². The van der Waals surface area contributed by atoms with Gasteiger partial charge in [0.15, 0.2) is 0 Å². The average molecular weight is 365 g/mol. The molecule has 0 unspecified atom stereocenters. The summed E-state index contributed by atoms with van der Waals surface area (Å²) in [5.41, 5.74) is 1.47. The molecule has 0 fully saturated rings. The first-order valence-corrected chi connectivity index (χ1v) is 8.29. The molecule has 0 spiro atoms. The maximum Gasteiger partial charge on any atom is 0.322 e. The molecular formula is C15H15N3O6S. The van der Waals surface area contributed by atoms with Gasteiger partial charge in [-0.05, 0) is 0 Å². The van der Waals surface area contributed by atoms with Gasteiger partial charge < -0.3 is 24.8 Å². The van der Waals surface area contributed by atoms with Crippen molar-refractivity contribution in [2.45, 2.75) is 19.6 Å². The second-order valence-corrected chi connectivity index (χ2v) is 6.36. The molecule has 9 nitrogen and oxygen atoms in total. The van der Waals surface area contributed by atoms with E-state index in [0.29, 0.717) is 24.3 Å². The van der Waals surface area contributed by atoms with Crippen LogP contribution < -0.4 is 10.9 Å². The van der Waals surface area contributed by atoms with Gasteiger partial charge in [0.05, 0.1) is 25.3 Å². The van der Waals surface area contributed by atoms with Crippen LogP contribution in [0, 0.1) is 0 Å². The molecule has 0 saturated heterocycles. The number of thiazole rings is 1. The maximum absolute atomic E-state index is 12.8. The molecule has 25 heavy (non-hydrogen) atoms. The Labute approximate surface area is 145 Å². The second-order valence-electron chi connectivity index (χ2n) is 5.39. The monoisotopic (exact) mass is 365 g/mol. The molecule has 0 radical (unpaired) electrons. The van der Waals surface area contributed by atoms with E-state index in [1.165, 1.54) is 15.9 Å². The molecule has 3 rings (SSSR count). The molecule has 1 amide bonds. The number of aromatic nitrogens is 2. The number of nitrogens with zero attached hydrogens (tertiary/aromatic N) is 2. The minimum atomic E-state index is -1.25. The van der Waals surface area contributed by atoms with E-state index >= 15 is 0 Å². The van der Waals surface area contributed by atoms with E-state index in [1.54, 1.807) is 11.7 Å². The Morgan fingerprint density at radius 3 is 2.92 bits per heavy atom. The summed E-state index contributed by atoms with van der Waals surface area (Å²) in [5.74, 6) is -2.64. The lowest BCUT2D eigenvalue weighted by atomic mass is 10.0. The number of hydrogen-bond acceptors (Lipinski definition) is 7. The van der Waals surface area contributed by atoms with Gasteiger partial charge in [0, 0.05) is 28.8 Å². The third-order valence-electron chi connectivity index (χ3n) is 3.81. The Morgan fingerprint density at radius 1 is 1.44 bits per heavy atom. The van der Waals surface area contributed by atoms with Gasteiger partial charge in [-0.15, -0.1) is 11.3 Å². The lowest BCUT2D eigenvalue weighted by Crippen LogP contribution is -2.38. The van der Waals surface area contributed by atoms with Crippen molar-refractivity contribution >= 4 is 23.2 Å². The fourth-order valence-corrected chi connectivity index (χ4v) is 3.26. The van der Waals surface area contributed by atoms with Crippen LogP contribution in [-0.4, -0.2) is 44.8 Å². The maximum atomic E-state index is 12.8. The number of amides is 1. The van der Waals surface area contributed by atoms with Gasteiger partial charge in [-0.1, -0.05) is 0 Å². The fourth-order valence-electron chi connectivity index (χ4n) is 2.68. The Bertz CT molecular complexity index is 874. The topological polar surface area (TPSA) is 131 Å². The molecule has 3 N–H and O–H groups in total. The number of nitrogens with one attached hydrogen (secondary N) is 1. The summed E-state index contributed by atoms with van der Waals surface area (Å²) in [7, 11) is 0. The molecule has 3 heterocycles. The highest BCUT2D eigenvalue weighted by Gasteiger charge is 2.28. The van der Waals surface area contributed by atoms with Crippen molar-refractivity contribution < 1.29 is 24.5 Å². The van der Waals surface area contributed by atoms with Gasteiger partial charge in [0.25, 0.3) is 11.5 Å². The summed E-state index contributed by atoms with van der Waals surface area (Å²) in [5, 5.41) is 21.2. The molecule has 2 aromatic heterocycles. The molecule has 0 bridgehead atoms. The second kappa shape index (κ2) is 7.03. The average Bonchev–Trinajstić information content (AvgIpc) is 3.10. The molecule has 132 valence electrons. The SMILES string of the molecule is O=C(O)CNC(=O)c1c(O)c2c(n(Cc3cncs3)c1=O)CCOC2. The largest absolute Gasteiger partial charge is 0.506 e. The molecule has 0 aromatic carbocycles. The number of fused-ring (bicyclic) bond motifs is 1. The normalized spacial score (nSPS) is 13.3. The van der Waals surface area contributed by atoms with Crippen molar-refractivity contribution in [3.63, 3.8) is 0 Å². The Kier molecular flexibility index (Phi) is 4.81. The molecule has 0 saturated carbocycles. The molecule has 2 aromatic rings. The first-order valence-electron chi connectivity index (χ1n) is 7.41. The van der Waals surface area contributed by atoms with Crippen molar-refractivity contribution in [3.05, 3.63) is 43.8 Å². The molecule has 10 heteroatoms. The molecular weight excluding hydrogens is 350 g/mol. The molecule has 1 aliphatic heterocycles. The fraction of sp³-hybridized carbons (Fsp3) is 0.333. The minimum absolute atomic E-state index is 0.0728. The number of aliphatic carboxylic acids is 1. The number of hydrogen-bond donors (Lipinski definition) is 3. The number of carbonyl (C=O) groups is 2. The third-order valence-corrected chi connectivity index (χ3v) is 4.57. The van der Waals surface area contributed by atoms with Gasteiger partial charge in [-0.3, -0.25) is 19.4 Å². The number of carbonyl (C=O) groups excluding carboxylic acids is 1. The lowest BCUT2D eigenvalue weighted by molar-refractivity contribution is -0.135. The van der Waals surface area contributed by atoms with E-state index in [1.807, 2.05) is 0 Å². The summed E-state index contributed by atoms with van der Waals surface area (Å²) >= 11 is 1.37. The van der Waals surface area contributed by atoms with E-state index < -0.39 is 35.3 Å². The highest BCUT2D eigenvalue weighted by atomic mass is 32.1. The van der Waals surface area contributed by atoms with Crippen LogP contribution in [0.5, 0.6) is 5.75 Å². The quantitative estimate of drug-likeness (QED) is 0.677. The number of carboxylic acid groups (broad SMARTS) is 1. The van der Waals surface area contributed by atoms with Crippen LogP contribution in [0.1, 0.15) is 26.5 Å². The van der Waals surface area contributed by atoms with Crippen molar-refractivity contribution in [1.29, 1.82) is 0 Å².